The van der Waals surface area contributed by atoms with E-state index in [2.05, 4.69) is 43.4 Å². The Morgan fingerprint density at radius 3 is 2.48 bits per heavy atom. The van der Waals surface area contributed by atoms with Gasteiger partial charge in [-0.2, -0.15) is 0 Å². The molecule has 0 spiro atoms. The van der Waals surface area contributed by atoms with Crippen LogP contribution in [0, 0.1) is 0 Å². The fourth-order valence-corrected chi connectivity index (χ4v) is 1.88. The number of carboxylic acid groups (broad SMARTS) is 1. The minimum Gasteiger partial charge on any atom is -0.481 e. The third kappa shape index (κ3) is 16.6. The van der Waals surface area contributed by atoms with Crippen LogP contribution in [0.3, 0.4) is 0 Å². The van der Waals surface area contributed by atoms with Crippen molar-refractivity contribution < 1.29 is 15.0 Å². The zero-order valence-electron chi connectivity index (χ0n) is 13.2. The molecule has 0 saturated heterocycles. The first kappa shape index (κ1) is 19.7. The quantitative estimate of drug-likeness (QED) is 0.296. The molecule has 0 radical (unpaired) electrons. The Kier molecular flexibility index (Phi) is 14.1. The Labute approximate surface area is 129 Å². The second kappa shape index (κ2) is 15.0. The minimum absolute atomic E-state index is 0.200. The van der Waals surface area contributed by atoms with E-state index in [1.165, 1.54) is 6.42 Å². The third-order valence-electron chi connectivity index (χ3n) is 3.12. The number of allylic oxidation sites excluding steroid dienone is 6. The van der Waals surface area contributed by atoms with Gasteiger partial charge in [-0.15, -0.1) is 0 Å². The number of carbonyl (C=O) groups is 1. The van der Waals surface area contributed by atoms with Gasteiger partial charge in [-0.3, -0.25) is 4.79 Å². The molecular weight excluding hydrogens is 264 g/mol. The number of rotatable bonds is 13. The SMILES string of the molecule is CCC/C=C/C=C\C/C=C\CCC(O)CCCCC(=O)O. The molecule has 0 rings (SSSR count). The highest BCUT2D eigenvalue weighted by Crippen LogP contribution is 2.09. The molecule has 0 aromatic heterocycles. The van der Waals surface area contributed by atoms with Gasteiger partial charge in [0.15, 0.2) is 0 Å². The van der Waals surface area contributed by atoms with Gasteiger partial charge in [0.1, 0.15) is 0 Å². The minimum atomic E-state index is -0.759. The summed E-state index contributed by atoms with van der Waals surface area (Å²) in [4.78, 5) is 10.3. The molecule has 0 fully saturated rings. The molecule has 0 aromatic rings. The maximum atomic E-state index is 10.3. The lowest BCUT2D eigenvalue weighted by molar-refractivity contribution is -0.137. The molecule has 0 bridgehead atoms. The number of hydrogen-bond acceptors (Lipinski definition) is 2. The zero-order valence-corrected chi connectivity index (χ0v) is 13.2. The number of aliphatic hydroxyl groups excluding tert-OH is 1. The van der Waals surface area contributed by atoms with Gasteiger partial charge in [0, 0.05) is 6.42 Å². The van der Waals surface area contributed by atoms with Crippen molar-refractivity contribution in [3.8, 4) is 0 Å². The Balaban J connectivity index is 3.47. The largest absolute Gasteiger partial charge is 0.481 e. The molecule has 2 N–H and O–H groups in total. The monoisotopic (exact) mass is 294 g/mol. The molecule has 1 unspecified atom stereocenters. The lowest BCUT2D eigenvalue weighted by Gasteiger charge is -2.07. The molecule has 1 atom stereocenters. The molecule has 0 aromatic carbocycles. The Hall–Kier alpha value is -1.35. The summed E-state index contributed by atoms with van der Waals surface area (Å²) in [7, 11) is 0. The van der Waals surface area contributed by atoms with Crippen molar-refractivity contribution in [1.29, 1.82) is 0 Å². The molecule has 0 aliphatic carbocycles. The van der Waals surface area contributed by atoms with Crippen LogP contribution in [0.4, 0.5) is 0 Å². The van der Waals surface area contributed by atoms with Gasteiger partial charge in [0.25, 0.3) is 0 Å². The highest BCUT2D eigenvalue weighted by molar-refractivity contribution is 5.66. The highest BCUT2D eigenvalue weighted by atomic mass is 16.4. The molecular formula is C18H30O3. The van der Waals surface area contributed by atoms with Gasteiger partial charge in [0.2, 0.25) is 0 Å². The number of carboxylic acids is 1. The first-order chi connectivity index (χ1) is 10.2. The molecule has 21 heavy (non-hydrogen) atoms. The first-order valence-electron chi connectivity index (χ1n) is 8.03. The Morgan fingerprint density at radius 2 is 1.76 bits per heavy atom. The summed E-state index contributed by atoms with van der Waals surface area (Å²) in [6, 6.07) is 0. The van der Waals surface area contributed by atoms with E-state index in [1.54, 1.807) is 0 Å². The standard InChI is InChI=1S/C18H30O3/c1-2-3-4-5-6-7-8-9-10-11-14-17(19)15-12-13-16-18(20)21/h4-7,9-10,17,19H,2-3,8,11-16H2,1H3,(H,20,21)/b5-4+,7-6-,10-9-. The van der Waals surface area contributed by atoms with Gasteiger partial charge >= 0.3 is 5.97 Å². The van der Waals surface area contributed by atoms with Crippen LogP contribution >= 0.6 is 0 Å². The summed E-state index contributed by atoms with van der Waals surface area (Å²) in [5.74, 6) is -0.759. The molecule has 0 heterocycles. The van der Waals surface area contributed by atoms with E-state index in [4.69, 9.17) is 5.11 Å². The van der Waals surface area contributed by atoms with Crippen LogP contribution in [0.5, 0.6) is 0 Å². The van der Waals surface area contributed by atoms with Gasteiger partial charge in [-0.25, -0.2) is 0 Å². The van der Waals surface area contributed by atoms with Crippen LogP contribution in [0.2, 0.25) is 0 Å². The Morgan fingerprint density at radius 1 is 1.00 bits per heavy atom. The fraction of sp³-hybridized carbons (Fsp3) is 0.611. The van der Waals surface area contributed by atoms with E-state index in [1.807, 2.05) is 0 Å². The van der Waals surface area contributed by atoms with Crippen molar-refractivity contribution in [3.05, 3.63) is 36.5 Å². The van der Waals surface area contributed by atoms with E-state index < -0.39 is 5.97 Å². The van der Waals surface area contributed by atoms with Crippen molar-refractivity contribution in [1.82, 2.24) is 0 Å². The number of aliphatic carboxylic acids is 1. The molecule has 120 valence electrons. The van der Waals surface area contributed by atoms with E-state index in [9.17, 15) is 9.90 Å². The smallest absolute Gasteiger partial charge is 0.303 e. The van der Waals surface area contributed by atoms with E-state index >= 15 is 0 Å². The lowest BCUT2D eigenvalue weighted by atomic mass is 10.1. The predicted octanol–water partition coefficient (Wildman–Crippen LogP) is 4.63. The first-order valence-corrected chi connectivity index (χ1v) is 8.03. The Bertz CT molecular complexity index is 329. The predicted molar refractivity (Wildman–Crippen MR) is 88.3 cm³/mol. The van der Waals surface area contributed by atoms with E-state index in [-0.39, 0.29) is 12.5 Å². The summed E-state index contributed by atoms with van der Waals surface area (Å²) in [5, 5.41) is 18.2. The van der Waals surface area contributed by atoms with Crippen molar-refractivity contribution in [2.45, 2.75) is 70.8 Å². The maximum Gasteiger partial charge on any atom is 0.303 e. The number of hydrogen-bond donors (Lipinski definition) is 2. The van der Waals surface area contributed by atoms with Crippen molar-refractivity contribution >= 4 is 5.97 Å². The van der Waals surface area contributed by atoms with Crippen LogP contribution in [0.1, 0.15) is 64.7 Å². The van der Waals surface area contributed by atoms with Crippen molar-refractivity contribution in [2.75, 3.05) is 0 Å². The van der Waals surface area contributed by atoms with Gasteiger partial charge in [-0.05, 0) is 38.5 Å². The second-order valence-corrected chi connectivity index (χ2v) is 5.22. The van der Waals surface area contributed by atoms with Crippen LogP contribution in [0.25, 0.3) is 0 Å². The van der Waals surface area contributed by atoms with Gasteiger partial charge in [-0.1, -0.05) is 56.2 Å². The van der Waals surface area contributed by atoms with Crippen LogP contribution in [-0.2, 0) is 4.79 Å². The molecule has 0 aliphatic heterocycles. The summed E-state index contributed by atoms with van der Waals surface area (Å²) in [5.41, 5.74) is 0. The van der Waals surface area contributed by atoms with E-state index in [0.717, 1.165) is 32.1 Å². The second-order valence-electron chi connectivity index (χ2n) is 5.22. The third-order valence-corrected chi connectivity index (χ3v) is 3.12. The normalized spacial score (nSPS) is 13.6. The summed E-state index contributed by atoms with van der Waals surface area (Å²) in [6.45, 7) is 2.16. The maximum absolute atomic E-state index is 10.3. The van der Waals surface area contributed by atoms with Crippen molar-refractivity contribution in [2.24, 2.45) is 0 Å². The van der Waals surface area contributed by atoms with E-state index in [0.29, 0.717) is 12.8 Å². The van der Waals surface area contributed by atoms with Crippen LogP contribution in [0.15, 0.2) is 36.5 Å². The highest BCUT2D eigenvalue weighted by Gasteiger charge is 2.03. The number of unbranched alkanes of at least 4 members (excludes halogenated alkanes) is 2. The summed E-state index contributed by atoms with van der Waals surface area (Å²) < 4.78 is 0. The van der Waals surface area contributed by atoms with Crippen LogP contribution in [-0.4, -0.2) is 22.3 Å². The molecule has 3 nitrogen and oxygen atoms in total. The average molecular weight is 294 g/mol. The summed E-state index contributed by atoms with van der Waals surface area (Å²) in [6.07, 6.45) is 19.5. The lowest BCUT2D eigenvalue weighted by Crippen LogP contribution is -2.06. The molecule has 3 heteroatoms. The van der Waals surface area contributed by atoms with Gasteiger partial charge in [0.05, 0.1) is 6.10 Å². The van der Waals surface area contributed by atoms with Gasteiger partial charge < -0.3 is 10.2 Å². The van der Waals surface area contributed by atoms with Crippen molar-refractivity contribution in [3.63, 3.8) is 0 Å². The topological polar surface area (TPSA) is 57.5 Å². The zero-order chi connectivity index (χ0) is 15.8. The fourth-order valence-electron chi connectivity index (χ4n) is 1.88. The summed E-state index contributed by atoms with van der Waals surface area (Å²) >= 11 is 0. The van der Waals surface area contributed by atoms with Crippen LogP contribution < -0.4 is 0 Å². The number of aliphatic hydroxyl groups is 1. The average Bonchev–Trinajstić information content (AvgIpc) is 2.45. The molecule has 0 saturated carbocycles. The molecule has 0 aliphatic rings. The molecule has 0 amide bonds.